The number of rotatable bonds is 7. The molecule has 142 valence electrons. The minimum Gasteiger partial charge on any atom is -0.445 e. The molecule has 0 aliphatic carbocycles. The van der Waals surface area contributed by atoms with Crippen LogP contribution in [0.15, 0.2) is 48.5 Å². The molecular formula is C19H20FN3O4. The highest BCUT2D eigenvalue weighted by Gasteiger charge is 2.24. The highest BCUT2D eigenvalue weighted by molar-refractivity contribution is 5.99. The van der Waals surface area contributed by atoms with Crippen molar-refractivity contribution < 1.29 is 23.5 Å². The van der Waals surface area contributed by atoms with Crippen LogP contribution in [0.4, 0.5) is 14.9 Å². The molecule has 0 radical (unpaired) electrons. The van der Waals surface area contributed by atoms with Crippen molar-refractivity contribution >= 4 is 23.6 Å². The Hall–Kier alpha value is -3.42. The number of hydrogen-bond acceptors (Lipinski definition) is 4. The van der Waals surface area contributed by atoms with Crippen molar-refractivity contribution in [1.82, 2.24) is 5.32 Å². The maximum Gasteiger partial charge on any atom is 0.408 e. The fourth-order valence-corrected chi connectivity index (χ4v) is 2.28. The normalized spacial score (nSPS) is 11.3. The smallest absolute Gasteiger partial charge is 0.408 e. The first kappa shape index (κ1) is 19.9. The second-order valence-electron chi connectivity index (χ2n) is 5.83. The number of primary amides is 1. The molecule has 0 aromatic heterocycles. The Morgan fingerprint density at radius 2 is 1.81 bits per heavy atom. The Kier molecular flexibility index (Phi) is 6.87. The van der Waals surface area contributed by atoms with Crippen LogP contribution in [0.5, 0.6) is 0 Å². The monoisotopic (exact) mass is 373 g/mol. The zero-order valence-corrected chi connectivity index (χ0v) is 14.7. The summed E-state index contributed by atoms with van der Waals surface area (Å²) in [5, 5.41) is 4.78. The van der Waals surface area contributed by atoms with Crippen LogP contribution in [0.1, 0.15) is 17.5 Å². The van der Waals surface area contributed by atoms with Crippen LogP contribution >= 0.6 is 0 Å². The van der Waals surface area contributed by atoms with Crippen molar-refractivity contribution in [3.05, 3.63) is 65.5 Å². The molecule has 0 heterocycles. The molecule has 0 bridgehead atoms. The van der Waals surface area contributed by atoms with E-state index in [9.17, 15) is 18.8 Å². The summed E-state index contributed by atoms with van der Waals surface area (Å²) in [6.07, 6.45) is -1.31. The lowest BCUT2D eigenvalue weighted by molar-refractivity contribution is -0.123. The minimum atomic E-state index is -1.26. The van der Waals surface area contributed by atoms with Gasteiger partial charge < -0.3 is 21.1 Å². The van der Waals surface area contributed by atoms with Crippen LogP contribution in [0.3, 0.4) is 0 Å². The standard InChI is InChI=1S/C19H20FN3O4/c1-12-14(20)8-5-9-15(12)22-18(25)16(10-17(21)24)23-19(26)27-11-13-6-3-2-4-7-13/h2-9,16H,10-11H2,1H3,(H2,21,24)(H,22,25)(H,23,26)/t16-/m1/s1. The highest BCUT2D eigenvalue weighted by Crippen LogP contribution is 2.17. The number of nitrogens with two attached hydrogens (primary N) is 1. The van der Waals surface area contributed by atoms with E-state index in [1.54, 1.807) is 24.3 Å². The van der Waals surface area contributed by atoms with Crippen LogP contribution < -0.4 is 16.4 Å². The average molecular weight is 373 g/mol. The lowest BCUT2D eigenvalue weighted by Crippen LogP contribution is -2.46. The fraction of sp³-hybridized carbons (Fsp3) is 0.211. The highest BCUT2D eigenvalue weighted by atomic mass is 19.1. The van der Waals surface area contributed by atoms with Crippen LogP contribution in [-0.4, -0.2) is 23.9 Å². The molecule has 0 saturated carbocycles. The summed E-state index contributed by atoms with van der Waals surface area (Å²) in [4.78, 5) is 35.6. The first-order valence-electron chi connectivity index (χ1n) is 8.18. The molecule has 0 aliphatic heterocycles. The fourth-order valence-electron chi connectivity index (χ4n) is 2.28. The van der Waals surface area contributed by atoms with Gasteiger partial charge in [0.05, 0.1) is 6.42 Å². The molecule has 1 atom stereocenters. The van der Waals surface area contributed by atoms with Gasteiger partial charge in [-0.05, 0) is 24.6 Å². The topological polar surface area (TPSA) is 111 Å². The van der Waals surface area contributed by atoms with E-state index in [0.717, 1.165) is 5.56 Å². The third kappa shape index (κ3) is 6.10. The summed E-state index contributed by atoms with van der Waals surface area (Å²) in [5.74, 6) is -1.98. The molecule has 7 nitrogen and oxygen atoms in total. The molecule has 8 heteroatoms. The van der Waals surface area contributed by atoms with Crippen LogP contribution in [-0.2, 0) is 20.9 Å². The van der Waals surface area contributed by atoms with Gasteiger partial charge in [0, 0.05) is 11.3 Å². The summed E-state index contributed by atoms with van der Waals surface area (Å²) in [5.41, 5.74) is 6.37. The number of nitrogens with one attached hydrogen (secondary N) is 2. The average Bonchev–Trinajstić information content (AvgIpc) is 2.63. The molecule has 2 rings (SSSR count). The SMILES string of the molecule is Cc1c(F)cccc1NC(=O)[C@@H](CC(N)=O)NC(=O)OCc1ccccc1. The number of benzene rings is 2. The van der Waals surface area contributed by atoms with Gasteiger partial charge in [-0.2, -0.15) is 0 Å². The third-order valence-corrected chi connectivity index (χ3v) is 3.75. The molecule has 4 N–H and O–H groups in total. The molecule has 2 aromatic rings. The zero-order valence-electron chi connectivity index (χ0n) is 14.7. The largest absolute Gasteiger partial charge is 0.445 e. The van der Waals surface area contributed by atoms with E-state index < -0.39 is 36.2 Å². The van der Waals surface area contributed by atoms with Gasteiger partial charge in [0.2, 0.25) is 11.8 Å². The maximum absolute atomic E-state index is 13.6. The molecule has 2 aromatic carbocycles. The van der Waals surface area contributed by atoms with E-state index in [2.05, 4.69) is 10.6 Å². The summed E-state index contributed by atoms with van der Waals surface area (Å²) < 4.78 is 18.6. The van der Waals surface area contributed by atoms with Gasteiger partial charge in [0.1, 0.15) is 18.5 Å². The Morgan fingerprint density at radius 1 is 1.11 bits per heavy atom. The van der Waals surface area contributed by atoms with Crippen LogP contribution in [0.2, 0.25) is 0 Å². The predicted molar refractivity (Wildman–Crippen MR) is 97.1 cm³/mol. The Balaban J connectivity index is 2.00. The van der Waals surface area contributed by atoms with E-state index in [0.29, 0.717) is 0 Å². The van der Waals surface area contributed by atoms with Crippen LogP contribution in [0.25, 0.3) is 0 Å². The van der Waals surface area contributed by atoms with Gasteiger partial charge in [-0.3, -0.25) is 9.59 Å². The molecule has 0 aliphatic rings. The summed E-state index contributed by atoms with van der Waals surface area (Å²) in [7, 11) is 0. The molecule has 0 fully saturated rings. The number of hydrogen-bond donors (Lipinski definition) is 3. The van der Waals surface area contributed by atoms with E-state index in [4.69, 9.17) is 10.5 Å². The number of halogens is 1. The molecule has 0 unspecified atom stereocenters. The number of ether oxygens (including phenoxy) is 1. The van der Waals surface area contributed by atoms with E-state index >= 15 is 0 Å². The number of anilines is 1. The number of alkyl carbamates (subject to hydrolysis) is 1. The zero-order chi connectivity index (χ0) is 19.8. The number of carbonyl (C=O) groups is 3. The van der Waals surface area contributed by atoms with Crippen molar-refractivity contribution in [3.63, 3.8) is 0 Å². The molecule has 27 heavy (non-hydrogen) atoms. The van der Waals surface area contributed by atoms with Gasteiger partial charge in [0.25, 0.3) is 0 Å². The van der Waals surface area contributed by atoms with Gasteiger partial charge in [-0.15, -0.1) is 0 Å². The summed E-state index contributed by atoms with van der Waals surface area (Å²) in [6.45, 7) is 1.50. The van der Waals surface area contributed by atoms with Crippen molar-refractivity contribution in [2.45, 2.75) is 26.0 Å². The second kappa shape index (κ2) is 9.33. The van der Waals surface area contributed by atoms with Crippen molar-refractivity contribution in [2.24, 2.45) is 5.73 Å². The van der Waals surface area contributed by atoms with Crippen molar-refractivity contribution in [2.75, 3.05) is 5.32 Å². The van der Waals surface area contributed by atoms with Crippen LogP contribution in [0, 0.1) is 12.7 Å². The van der Waals surface area contributed by atoms with Gasteiger partial charge in [-0.1, -0.05) is 36.4 Å². The van der Waals surface area contributed by atoms with Crippen molar-refractivity contribution in [1.29, 1.82) is 0 Å². The summed E-state index contributed by atoms with van der Waals surface area (Å²) >= 11 is 0. The van der Waals surface area contributed by atoms with E-state index in [1.807, 2.05) is 6.07 Å². The lowest BCUT2D eigenvalue weighted by Gasteiger charge is -2.18. The second-order valence-corrected chi connectivity index (χ2v) is 5.83. The van der Waals surface area contributed by atoms with Gasteiger partial charge >= 0.3 is 6.09 Å². The Labute approximate surface area is 155 Å². The molecule has 3 amide bonds. The number of carbonyl (C=O) groups excluding carboxylic acids is 3. The maximum atomic E-state index is 13.6. The van der Waals surface area contributed by atoms with Gasteiger partial charge in [-0.25, -0.2) is 9.18 Å². The minimum absolute atomic E-state index is 0.000584. The van der Waals surface area contributed by atoms with Crippen molar-refractivity contribution in [3.8, 4) is 0 Å². The predicted octanol–water partition coefficient (Wildman–Crippen LogP) is 2.24. The van der Waals surface area contributed by atoms with E-state index in [1.165, 1.54) is 25.1 Å². The Bertz CT molecular complexity index is 827. The molecule has 0 spiro atoms. The molecular weight excluding hydrogens is 353 g/mol. The quantitative estimate of drug-likeness (QED) is 0.691. The first-order chi connectivity index (χ1) is 12.9. The first-order valence-corrected chi connectivity index (χ1v) is 8.18. The lowest BCUT2D eigenvalue weighted by atomic mass is 10.1. The summed E-state index contributed by atoms with van der Waals surface area (Å²) in [6, 6.07) is 11.9. The third-order valence-electron chi connectivity index (χ3n) is 3.75. The molecule has 0 saturated heterocycles. The van der Waals surface area contributed by atoms with Gasteiger partial charge in [0.15, 0.2) is 0 Å². The Morgan fingerprint density at radius 3 is 2.48 bits per heavy atom. The van der Waals surface area contributed by atoms with E-state index in [-0.39, 0.29) is 17.9 Å². The number of amides is 3.